The zero-order chi connectivity index (χ0) is 20.1. The van der Waals surface area contributed by atoms with Crippen LogP contribution in [0.15, 0.2) is 59.1 Å². The minimum atomic E-state index is -3.79. The predicted octanol–water partition coefficient (Wildman–Crippen LogP) is 1.96. The van der Waals surface area contributed by atoms with Crippen molar-refractivity contribution < 1.29 is 22.1 Å². The van der Waals surface area contributed by atoms with Gasteiger partial charge >= 0.3 is 0 Å². The van der Waals surface area contributed by atoms with E-state index in [1.54, 1.807) is 0 Å². The van der Waals surface area contributed by atoms with Crippen LogP contribution in [0.3, 0.4) is 0 Å². The van der Waals surface area contributed by atoms with Crippen molar-refractivity contribution in [2.45, 2.75) is 6.54 Å². The number of amides is 1. The first-order valence-corrected chi connectivity index (χ1v) is 10.1. The summed E-state index contributed by atoms with van der Waals surface area (Å²) in [5, 5.41) is 6.35. The van der Waals surface area contributed by atoms with Crippen LogP contribution in [-0.4, -0.2) is 37.3 Å². The molecule has 0 unspecified atom stereocenters. The minimum Gasteiger partial charge on any atom is -0.345 e. The summed E-state index contributed by atoms with van der Waals surface area (Å²) in [6, 6.07) is 14.1. The van der Waals surface area contributed by atoms with Crippen LogP contribution in [0.4, 0.5) is 10.1 Å². The lowest BCUT2D eigenvalue weighted by molar-refractivity contribution is -0.119. The van der Waals surface area contributed by atoms with Gasteiger partial charge in [-0.25, -0.2) is 12.8 Å². The highest BCUT2D eigenvalue weighted by Gasteiger charge is 2.21. The Balaban J connectivity index is 1.65. The van der Waals surface area contributed by atoms with E-state index in [2.05, 4.69) is 15.5 Å². The van der Waals surface area contributed by atoms with Gasteiger partial charge in [-0.1, -0.05) is 41.6 Å². The van der Waals surface area contributed by atoms with Gasteiger partial charge in [0.25, 0.3) is 0 Å². The molecule has 0 aliphatic heterocycles. The minimum absolute atomic E-state index is 0.0572. The number of hydrogen-bond donors (Lipinski definition) is 1. The summed E-state index contributed by atoms with van der Waals surface area (Å²) < 4.78 is 43.3. The number of nitrogens with zero attached hydrogens (tertiary/aromatic N) is 3. The molecule has 1 aromatic heterocycles. The van der Waals surface area contributed by atoms with Gasteiger partial charge < -0.3 is 9.84 Å². The molecular formula is C18H17FN4O4S. The molecule has 2 aromatic carbocycles. The maximum atomic E-state index is 13.4. The summed E-state index contributed by atoms with van der Waals surface area (Å²) in [6.07, 6.45) is 0.940. The summed E-state index contributed by atoms with van der Waals surface area (Å²) in [5.74, 6) is -0.661. The third-order valence-electron chi connectivity index (χ3n) is 3.72. The molecule has 28 heavy (non-hydrogen) atoms. The van der Waals surface area contributed by atoms with Gasteiger partial charge in [0.15, 0.2) is 0 Å². The van der Waals surface area contributed by atoms with Gasteiger partial charge in [0.05, 0.1) is 18.5 Å². The van der Waals surface area contributed by atoms with Crippen molar-refractivity contribution in [1.82, 2.24) is 15.5 Å². The molecule has 10 heteroatoms. The quantitative estimate of drug-likeness (QED) is 0.645. The molecule has 8 nitrogen and oxygen atoms in total. The molecule has 1 amide bonds. The van der Waals surface area contributed by atoms with Crippen LogP contribution in [0.1, 0.15) is 5.89 Å². The summed E-state index contributed by atoms with van der Waals surface area (Å²) >= 11 is 0. The molecule has 3 aromatic rings. The average molecular weight is 404 g/mol. The number of hydrogen-bond acceptors (Lipinski definition) is 6. The molecule has 3 rings (SSSR count). The largest absolute Gasteiger partial charge is 0.345 e. The Morgan fingerprint density at radius 3 is 2.61 bits per heavy atom. The van der Waals surface area contributed by atoms with Crippen molar-refractivity contribution in [2.75, 3.05) is 17.1 Å². The predicted molar refractivity (Wildman–Crippen MR) is 100 cm³/mol. The number of benzene rings is 2. The van der Waals surface area contributed by atoms with Crippen LogP contribution in [0, 0.1) is 5.82 Å². The fourth-order valence-corrected chi connectivity index (χ4v) is 3.27. The van der Waals surface area contributed by atoms with Crippen LogP contribution < -0.4 is 9.62 Å². The maximum absolute atomic E-state index is 13.4. The van der Waals surface area contributed by atoms with Crippen molar-refractivity contribution in [3.05, 3.63) is 66.3 Å². The summed E-state index contributed by atoms with van der Waals surface area (Å²) in [4.78, 5) is 16.4. The number of nitrogens with one attached hydrogen (secondary N) is 1. The van der Waals surface area contributed by atoms with E-state index in [4.69, 9.17) is 4.52 Å². The van der Waals surface area contributed by atoms with Gasteiger partial charge in [-0.15, -0.1) is 0 Å². The standard InChI is InChI=1S/C18H17FN4O4S/c1-28(25,26)23(15-9-5-8-14(19)10-15)12-16(24)20-11-17-21-18(22-27-17)13-6-3-2-4-7-13/h2-10H,11-12H2,1H3,(H,20,24). The molecule has 146 valence electrons. The Bertz CT molecular complexity index is 1070. The van der Waals surface area contributed by atoms with Crippen molar-refractivity contribution in [3.8, 4) is 11.4 Å². The van der Waals surface area contributed by atoms with Crippen molar-refractivity contribution in [2.24, 2.45) is 0 Å². The summed E-state index contributed by atoms with van der Waals surface area (Å²) in [7, 11) is -3.79. The third kappa shape index (κ3) is 4.92. The van der Waals surface area contributed by atoms with Crippen LogP contribution in [0.25, 0.3) is 11.4 Å². The maximum Gasteiger partial charge on any atom is 0.246 e. The van der Waals surface area contributed by atoms with E-state index in [1.807, 2.05) is 30.3 Å². The first-order chi connectivity index (χ1) is 13.3. The smallest absolute Gasteiger partial charge is 0.246 e. The van der Waals surface area contributed by atoms with E-state index in [0.29, 0.717) is 5.82 Å². The summed E-state index contributed by atoms with van der Waals surface area (Å²) in [6.45, 7) is -0.582. The molecule has 0 atom stereocenters. The lowest BCUT2D eigenvalue weighted by Crippen LogP contribution is -2.40. The highest BCUT2D eigenvalue weighted by molar-refractivity contribution is 7.92. The Hall–Kier alpha value is -3.27. The second kappa shape index (κ2) is 8.17. The summed E-state index contributed by atoms with van der Waals surface area (Å²) in [5.41, 5.74) is 0.819. The molecule has 0 radical (unpaired) electrons. The van der Waals surface area contributed by atoms with E-state index in [0.717, 1.165) is 22.2 Å². The van der Waals surface area contributed by atoms with Crippen LogP contribution in [-0.2, 0) is 21.4 Å². The number of halogens is 1. The number of carbonyl (C=O) groups is 1. The van der Waals surface area contributed by atoms with E-state index < -0.39 is 28.3 Å². The molecule has 0 aliphatic rings. The topological polar surface area (TPSA) is 105 Å². The van der Waals surface area contributed by atoms with E-state index in [9.17, 15) is 17.6 Å². The lowest BCUT2D eigenvalue weighted by atomic mass is 10.2. The normalized spacial score (nSPS) is 11.2. The fourth-order valence-electron chi connectivity index (χ4n) is 2.42. The van der Waals surface area contributed by atoms with Crippen molar-refractivity contribution >= 4 is 21.6 Å². The lowest BCUT2D eigenvalue weighted by Gasteiger charge is -2.21. The van der Waals surface area contributed by atoms with Gasteiger partial charge in [0.1, 0.15) is 12.4 Å². The molecule has 0 saturated heterocycles. The van der Waals surface area contributed by atoms with Gasteiger partial charge in [-0.2, -0.15) is 4.98 Å². The van der Waals surface area contributed by atoms with Gasteiger partial charge in [0, 0.05) is 5.56 Å². The number of anilines is 1. The van der Waals surface area contributed by atoms with Crippen LogP contribution in [0.5, 0.6) is 0 Å². The molecule has 1 N–H and O–H groups in total. The zero-order valence-electron chi connectivity index (χ0n) is 14.9. The Morgan fingerprint density at radius 1 is 1.18 bits per heavy atom. The molecule has 0 spiro atoms. The molecule has 0 bridgehead atoms. The van der Waals surface area contributed by atoms with Gasteiger partial charge in [0.2, 0.25) is 27.6 Å². The molecular weight excluding hydrogens is 387 g/mol. The number of carbonyl (C=O) groups excluding carboxylic acids is 1. The van der Waals surface area contributed by atoms with E-state index in [1.165, 1.54) is 18.2 Å². The first-order valence-electron chi connectivity index (χ1n) is 8.21. The number of sulfonamides is 1. The highest BCUT2D eigenvalue weighted by Crippen LogP contribution is 2.18. The second-order valence-corrected chi connectivity index (χ2v) is 7.81. The molecule has 0 fully saturated rings. The SMILES string of the molecule is CS(=O)(=O)N(CC(=O)NCc1nc(-c2ccccc2)no1)c1cccc(F)c1. The Kier molecular flexibility index (Phi) is 5.69. The van der Waals surface area contributed by atoms with E-state index in [-0.39, 0.29) is 18.1 Å². The molecule has 0 saturated carbocycles. The molecule has 0 aliphatic carbocycles. The first kappa shape index (κ1) is 19.5. The average Bonchev–Trinajstić information content (AvgIpc) is 3.13. The Morgan fingerprint density at radius 2 is 1.93 bits per heavy atom. The van der Waals surface area contributed by atoms with Crippen LogP contribution in [0.2, 0.25) is 0 Å². The highest BCUT2D eigenvalue weighted by atomic mass is 32.2. The zero-order valence-corrected chi connectivity index (χ0v) is 15.7. The van der Waals surface area contributed by atoms with Gasteiger partial charge in [-0.05, 0) is 18.2 Å². The monoisotopic (exact) mass is 404 g/mol. The van der Waals surface area contributed by atoms with Crippen LogP contribution >= 0.6 is 0 Å². The van der Waals surface area contributed by atoms with Crippen molar-refractivity contribution in [1.29, 1.82) is 0 Å². The fraction of sp³-hybridized carbons (Fsp3) is 0.167. The second-order valence-electron chi connectivity index (χ2n) is 5.90. The number of rotatable bonds is 7. The Labute approximate surface area is 161 Å². The van der Waals surface area contributed by atoms with Crippen molar-refractivity contribution in [3.63, 3.8) is 0 Å². The molecule has 1 heterocycles. The third-order valence-corrected chi connectivity index (χ3v) is 4.86. The van der Waals surface area contributed by atoms with E-state index >= 15 is 0 Å². The number of aromatic nitrogens is 2. The van der Waals surface area contributed by atoms with Gasteiger partial charge in [-0.3, -0.25) is 9.10 Å².